The van der Waals surface area contributed by atoms with Gasteiger partial charge >= 0.3 is 0 Å². The SMILES string of the molecule is CC1(C)CC(NC(=O)C2NC(c3ccc(F)cc3)=C3C=CC=CN32)CC(C)(C)N1. The lowest BCUT2D eigenvalue weighted by molar-refractivity contribution is -0.126. The number of nitrogens with zero attached hydrogens (tertiary/aromatic N) is 1. The minimum Gasteiger partial charge on any atom is -0.355 e. The molecule has 0 spiro atoms. The fourth-order valence-electron chi connectivity index (χ4n) is 4.92. The summed E-state index contributed by atoms with van der Waals surface area (Å²) in [5.41, 5.74) is 2.51. The van der Waals surface area contributed by atoms with Gasteiger partial charge in [0.05, 0.1) is 11.4 Å². The summed E-state index contributed by atoms with van der Waals surface area (Å²) in [5.74, 6) is -0.336. The predicted octanol–water partition coefficient (Wildman–Crippen LogP) is 3.23. The molecular weight excluding hydrogens is 367 g/mol. The Balaban J connectivity index is 1.54. The Morgan fingerprint density at radius 2 is 1.76 bits per heavy atom. The van der Waals surface area contributed by atoms with E-state index >= 15 is 0 Å². The normalized spacial score (nSPS) is 25.0. The van der Waals surface area contributed by atoms with Gasteiger partial charge in [-0.15, -0.1) is 0 Å². The van der Waals surface area contributed by atoms with Crippen molar-refractivity contribution in [3.05, 3.63) is 65.8 Å². The number of fused-ring (bicyclic) bond motifs is 1. The Bertz CT molecular complexity index is 882. The topological polar surface area (TPSA) is 56.4 Å². The van der Waals surface area contributed by atoms with Gasteiger partial charge in [-0.2, -0.15) is 0 Å². The van der Waals surface area contributed by atoms with Crippen LogP contribution in [0.2, 0.25) is 0 Å². The van der Waals surface area contributed by atoms with Gasteiger partial charge in [0.25, 0.3) is 5.91 Å². The Labute approximate surface area is 171 Å². The zero-order chi connectivity index (χ0) is 20.8. The molecular formula is C23H29FN4O. The first kappa shape index (κ1) is 19.7. The van der Waals surface area contributed by atoms with E-state index in [0.717, 1.165) is 29.8 Å². The molecule has 1 aromatic carbocycles. The number of rotatable bonds is 3. The molecule has 1 aromatic rings. The van der Waals surface area contributed by atoms with Crippen LogP contribution in [-0.4, -0.2) is 34.1 Å². The van der Waals surface area contributed by atoms with Crippen LogP contribution in [-0.2, 0) is 4.79 Å². The Morgan fingerprint density at radius 1 is 1.10 bits per heavy atom. The fraction of sp³-hybridized carbons (Fsp3) is 0.435. The molecule has 0 saturated carbocycles. The van der Waals surface area contributed by atoms with Gasteiger partial charge < -0.3 is 20.9 Å². The van der Waals surface area contributed by atoms with Crippen molar-refractivity contribution >= 4 is 11.6 Å². The third-order valence-corrected chi connectivity index (χ3v) is 5.62. The molecule has 0 aromatic heterocycles. The van der Waals surface area contributed by atoms with Crippen molar-refractivity contribution < 1.29 is 9.18 Å². The van der Waals surface area contributed by atoms with Gasteiger partial charge in [-0.05, 0) is 82.5 Å². The lowest BCUT2D eigenvalue weighted by atomic mass is 9.79. The monoisotopic (exact) mass is 396 g/mol. The number of halogens is 1. The second-order valence-electron chi connectivity index (χ2n) is 9.43. The summed E-state index contributed by atoms with van der Waals surface area (Å²) in [5, 5.41) is 10.3. The Kier molecular flexibility index (Phi) is 4.77. The third-order valence-electron chi connectivity index (χ3n) is 5.62. The van der Waals surface area contributed by atoms with Crippen molar-refractivity contribution in [2.75, 3.05) is 0 Å². The summed E-state index contributed by atoms with van der Waals surface area (Å²) < 4.78 is 13.4. The number of hydrogen-bond acceptors (Lipinski definition) is 4. The molecule has 4 rings (SSSR count). The van der Waals surface area contributed by atoms with Crippen LogP contribution in [0.25, 0.3) is 5.70 Å². The maximum Gasteiger partial charge on any atom is 0.264 e. The molecule has 1 unspecified atom stereocenters. The minimum absolute atomic E-state index is 0.0424. The first-order valence-corrected chi connectivity index (χ1v) is 10.1. The van der Waals surface area contributed by atoms with E-state index in [9.17, 15) is 9.18 Å². The maximum absolute atomic E-state index is 13.4. The number of hydrogen-bond donors (Lipinski definition) is 3. The Hall–Kier alpha value is -2.60. The van der Waals surface area contributed by atoms with Gasteiger partial charge in [0, 0.05) is 23.3 Å². The third kappa shape index (κ3) is 4.08. The van der Waals surface area contributed by atoms with Crippen molar-refractivity contribution in [3.63, 3.8) is 0 Å². The van der Waals surface area contributed by atoms with E-state index in [1.165, 1.54) is 12.1 Å². The molecule has 1 amide bonds. The zero-order valence-corrected chi connectivity index (χ0v) is 17.4. The molecule has 3 heterocycles. The summed E-state index contributed by atoms with van der Waals surface area (Å²) >= 11 is 0. The molecule has 0 bridgehead atoms. The first-order valence-electron chi connectivity index (χ1n) is 10.1. The zero-order valence-electron chi connectivity index (χ0n) is 17.4. The van der Waals surface area contributed by atoms with E-state index in [2.05, 4.69) is 43.6 Å². The van der Waals surface area contributed by atoms with Crippen molar-refractivity contribution in [1.29, 1.82) is 0 Å². The van der Waals surface area contributed by atoms with Crippen LogP contribution in [0.1, 0.15) is 46.1 Å². The molecule has 1 fully saturated rings. The minimum atomic E-state index is -0.535. The molecule has 29 heavy (non-hydrogen) atoms. The van der Waals surface area contributed by atoms with Gasteiger partial charge in [0.2, 0.25) is 0 Å². The summed E-state index contributed by atoms with van der Waals surface area (Å²) in [6.07, 6.45) is 8.93. The lowest BCUT2D eigenvalue weighted by Crippen LogP contribution is -2.63. The molecule has 0 aliphatic carbocycles. The number of amides is 1. The second kappa shape index (κ2) is 7.02. The molecule has 3 aliphatic rings. The number of benzene rings is 1. The molecule has 6 heteroatoms. The van der Waals surface area contributed by atoms with Gasteiger partial charge in [-0.3, -0.25) is 4.79 Å². The van der Waals surface area contributed by atoms with Crippen LogP contribution in [0.4, 0.5) is 4.39 Å². The van der Waals surface area contributed by atoms with E-state index in [0.29, 0.717) is 0 Å². The summed E-state index contributed by atoms with van der Waals surface area (Å²) in [6, 6.07) is 6.42. The highest BCUT2D eigenvalue weighted by molar-refractivity contribution is 5.87. The van der Waals surface area contributed by atoms with Crippen molar-refractivity contribution in [3.8, 4) is 0 Å². The highest BCUT2D eigenvalue weighted by Crippen LogP contribution is 2.32. The standard InChI is InChI=1S/C23H29FN4O/c1-22(2)13-17(14-23(3,4)27-22)25-21(29)20-26-19(15-8-10-16(24)11-9-15)18-7-5-6-12-28(18)20/h5-12,17,20,26-27H,13-14H2,1-4H3,(H,25,29). The van der Waals surface area contributed by atoms with Crippen LogP contribution >= 0.6 is 0 Å². The van der Waals surface area contributed by atoms with E-state index in [1.54, 1.807) is 12.1 Å². The summed E-state index contributed by atoms with van der Waals surface area (Å²) in [6.45, 7) is 8.69. The van der Waals surface area contributed by atoms with Crippen LogP contribution in [0.3, 0.4) is 0 Å². The number of piperidine rings is 1. The average Bonchev–Trinajstić information content (AvgIpc) is 2.99. The highest BCUT2D eigenvalue weighted by Gasteiger charge is 2.41. The largest absolute Gasteiger partial charge is 0.355 e. The van der Waals surface area contributed by atoms with Crippen LogP contribution < -0.4 is 16.0 Å². The quantitative estimate of drug-likeness (QED) is 0.734. The first-order chi connectivity index (χ1) is 13.6. The predicted molar refractivity (Wildman–Crippen MR) is 113 cm³/mol. The molecule has 0 radical (unpaired) electrons. The lowest BCUT2D eigenvalue weighted by Gasteiger charge is -2.46. The van der Waals surface area contributed by atoms with E-state index in [1.807, 2.05) is 29.3 Å². The highest BCUT2D eigenvalue weighted by atomic mass is 19.1. The van der Waals surface area contributed by atoms with Crippen LogP contribution in [0.5, 0.6) is 0 Å². The van der Waals surface area contributed by atoms with E-state index in [4.69, 9.17) is 0 Å². The molecule has 154 valence electrons. The number of allylic oxidation sites excluding steroid dienone is 3. The van der Waals surface area contributed by atoms with Gasteiger partial charge in [-0.25, -0.2) is 4.39 Å². The van der Waals surface area contributed by atoms with Gasteiger partial charge in [-0.1, -0.05) is 6.08 Å². The smallest absolute Gasteiger partial charge is 0.264 e. The van der Waals surface area contributed by atoms with Crippen LogP contribution in [0.15, 0.2) is 54.4 Å². The molecule has 5 nitrogen and oxygen atoms in total. The average molecular weight is 397 g/mol. The van der Waals surface area contributed by atoms with Gasteiger partial charge in [0.1, 0.15) is 5.82 Å². The summed E-state index contributed by atoms with van der Waals surface area (Å²) in [7, 11) is 0. The van der Waals surface area contributed by atoms with Gasteiger partial charge in [0.15, 0.2) is 6.17 Å². The number of carbonyl (C=O) groups excluding carboxylic acids is 1. The molecule has 3 aliphatic heterocycles. The fourth-order valence-corrected chi connectivity index (χ4v) is 4.92. The molecule has 1 atom stereocenters. The number of nitrogens with one attached hydrogen (secondary N) is 3. The van der Waals surface area contributed by atoms with Crippen LogP contribution in [0, 0.1) is 5.82 Å². The van der Waals surface area contributed by atoms with E-state index < -0.39 is 6.17 Å². The van der Waals surface area contributed by atoms with Crippen molar-refractivity contribution in [2.45, 2.75) is 63.8 Å². The Morgan fingerprint density at radius 3 is 2.41 bits per heavy atom. The maximum atomic E-state index is 13.4. The summed E-state index contributed by atoms with van der Waals surface area (Å²) in [4.78, 5) is 15.2. The molecule has 1 saturated heterocycles. The molecule has 3 N–H and O–H groups in total. The van der Waals surface area contributed by atoms with Crippen molar-refractivity contribution in [2.24, 2.45) is 0 Å². The second-order valence-corrected chi connectivity index (χ2v) is 9.43. The van der Waals surface area contributed by atoms with Crippen molar-refractivity contribution in [1.82, 2.24) is 20.9 Å². The van der Waals surface area contributed by atoms with E-state index in [-0.39, 0.29) is 28.8 Å². The number of carbonyl (C=O) groups is 1.